The van der Waals surface area contributed by atoms with Gasteiger partial charge in [-0.2, -0.15) is 4.84 Å². The topological polar surface area (TPSA) is 109 Å². The van der Waals surface area contributed by atoms with Gasteiger partial charge < -0.3 is 19.3 Å². The first-order valence-corrected chi connectivity index (χ1v) is 16.3. The fraction of sp³-hybridized carbons (Fsp3) is 0.429. The zero-order valence-corrected chi connectivity index (χ0v) is 28.1. The van der Waals surface area contributed by atoms with Crippen LogP contribution in [-0.4, -0.2) is 73.5 Å². The Morgan fingerprint density at radius 1 is 0.810 bits per heavy atom. The third-order valence-electron chi connectivity index (χ3n) is 4.95. The van der Waals surface area contributed by atoms with Crippen LogP contribution in [0.2, 0.25) is 0 Å². The van der Waals surface area contributed by atoms with Gasteiger partial charge in [-0.15, -0.1) is 0 Å². The van der Waals surface area contributed by atoms with Crippen molar-refractivity contribution in [1.82, 2.24) is 9.80 Å². The summed E-state index contributed by atoms with van der Waals surface area (Å²) in [7, 11) is 3.18. The number of ether oxygens (including phenoxy) is 2. The van der Waals surface area contributed by atoms with Crippen LogP contribution in [0.1, 0.15) is 58.3 Å². The number of carbonyl (C=O) groups excluding carboxylic acids is 2. The summed E-state index contributed by atoms with van der Waals surface area (Å²) < 4.78 is 12.0. The Kier molecular flexibility index (Phi) is 22.0. The van der Waals surface area contributed by atoms with Crippen molar-refractivity contribution in [2.45, 2.75) is 48.0 Å². The first kappa shape index (κ1) is 39.1. The molecule has 0 radical (unpaired) electrons. The molecule has 0 aliphatic carbocycles. The van der Waals surface area contributed by atoms with Crippen molar-refractivity contribution in [2.24, 2.45) is 0 Å². The second-order valence-electron chi connectivity index (χ2n) is 7.91. The molecule has 0 fully saturated rings. The summed E-state index contributed by atoms with van der Waals surface area (Å²) >= 11 is 10.7. The quantitative estimate of drug-likeness (QED) is 0.0936. The Labute approximate surface area is 266 Å². The molecule has 0 saturated carbocycles. The third-order valence-corrected chi connectivity index (χ3v) is 8.68. The number of hydrogen-bond acceptors (Lipinski definition) is 10. The minimum absolute atomic E-state index is 0.191. The van der Waals surface area contributed by atoms with Crippen LogP contribution in [0.3, 0.4) is 0 Å². The minimum Gasteiger partial charge on any atom is -0.426 e. The average Bonchev–Trinajstić information content (AvgIpc) is 2.97. The number of para-hydroxylation sites is 2. The predicted molar refractivity (Wildman–Crippen MR) is 177 cm³/mol. The van der Waals surface area contributed by atoms with E-state index in [0.29, 0.717) is 5.75 Å². The molecular formula is C28H40N3O7S4+. The number of rotatable bonds is 10. The molecule has 2 aromatic rings. The SMILES string of the molecule is CC(=O)Oc1ccccc1C(=O)Oc1ccccc1.CCCO[N+](=O)O.CCN(CC)C(=S)SSC(=S)N(CC)CC. The lowest BCUT2D eigenvalue weighted by Crippen LogP contribution is -2.28. The third kappa shape index (κ3) is 17.1. The van der Waals surface area contributed by atoms with Crippen LogP contribution in [0.15, 0.2) is 54.6 Å². The normalized spacial score (nSPS) is 9.57. The fourth-order valence-electron chi connectivity index (χ4n) is 2.84. The van der Waals surface area contributed by atoms with Crippen molar-refractivity contribution in [3.05, 3.63) is 65.1 Å². The van der Waals surface area contributed by atoms with Gasteiger partial charge in [0, 0.05) is 33.1 Å². The molecule has 2 rings (SSSR count). The summed E-state index contributed by atoms with van der Waals surface area (Å²) in [5.74, 6) is -0.427. The molecule has 0 saturated heterocycles. The molecule has 0 aromatic heterocycles. The molecule has 0 unspecified atom stereocenters. The summed E-state index contributed by atoms with van der Waals surface area (Å²) in [6.07, 6.45) is 0.722. The highest BCUT2D eigenvalue weighted by Gasteiger charge is 2.15. The molecular weight excluding hydrogens is 619 g/mol. The Hall–Kier alpha value is -2.94. The van der Waals surface area contributed by atoms with E-state index in [0.717, 1.165) is 41.2 Å². The maximum atomic E-state index is 12.0. The molecule has 42 heavy (non-hydrogen) atoms. The number of esters is 2. The Morgan fingerprint density at radius 2 is 1.29 bits per heavy atom. The molecule has 1 N–H and O–H groups in total. The van der Waals surface area contributed by atoms with Crippen molar-refractivity contribution >= 4 is 66.6 Å². The van der Waals surface area contributed by atoms with E-state index in [1.54, 1.807) is 70.1 Å². The summed E-state index contributed by atoms with van der Waals surface area (Å²) in [4.78, 5) is 40.8. The lowest BCUT2D eigenvalue weighted by Gasteiger charge is -2.23. The van der Waals surface area contributed by atoms with Crippen LogP contribution >= 0.6 is 46.0 Å². The van der Waals surface area contributed by atoms with Gasteiger partial charge in [0.1, 0.15) is 30.6 Å². The Bertz CT molecular complexity index is 1090. The van der Waals surface area contributed by atoms with Crippen LogP contribution in [-0.2, 0) is 9.63 Å². The zero-order valence-electron chi connectivity index (χ0n) is 24.8. The minimum atomic E-state index is -0.567. The van der Waals surface area contributed by atoms with Gasteiger partial charge in [-0.1, -0.05) is 61.7 Å². The van der Waals surface area contributed by atoms with E-state index in [1.165, 1.54) is 6.92 Å². The Balaban J connectivity index is 0.000000663. The molecule has 0 aliphatic rings. The maximum absolute atomic E-state index is 12.0. The van der Waals surface area contributed by atoms with E-state index < -0.39 is 17.0 Å². The zero-order chi connectivity index (χ0) is 31.9. The van der Waals surface area contributed by atoms with Gasteiger partial charge in [0.05, 0.1) is 0 Å². The smallest absolute Gasteiger partial charge is 0.426 e. The van der Waals surface area contributed by atoms with Crippen molar-refractivity contribution in [1.29, 1.82) is 0 Å². The van der Waals surface area contributed by atoms with Gasteiger partial charge in [0.15, 0.2) is 6.61 Å². The molecule has 0 aliphatic heterocycles. The Morgan fingerprint density at radius 3 is 1.69 bits per heavy atom. The lowest BCUT2D eigenvalue weighted by molar-refractivity contribution is -0.975. The van der Waals surface area contributed by atoms with Crippen molar-refractivity contribution in [3.63, 3.8) is 0 Å². The molecule has 10 nitrogen and oxygen atoms in total. The second kappa shape index (κ2) is 23.6. The highest BCUT2D eigenvalue weighted by Crippen LogP contribution is 2.28. The molecule has 2 aromatic carbocycles. The molecule has 0 heterocycles. The van der Waals surface area contributed by atoms with Gasteiger partial charge in [0.25, 0.3) is 0 Å². The van der Waals surface area contributed by atoms with E-state index in [2.05, 4.69) is 42.3 Å². The molecule has 232 valence electrons. The van der Waals surface area contributed by atoms with E-state index in [4.69, 9.17) is 39.1 Å². The van der Waals surface area contributed by atoms with Gasteiger partial charge in [-0.05, 0) is 80.0 Å². The van der Waals surface area contributed by atoms with Gasteiger partial charge in [-0.25, -0.2) is 10.0 Å². The number of carbonyl (C=O) groups is 2. The molecule has 0 bridgehead atoms. The monoisotopic (exact) mass is 658 g/mol. The van der Waals surface area contributed by atoms with E-state index in [9.17, 15) is 14.5 Å². The summed E-state index contributed by atoms with van der Waals surface area (Å²) in [6, 6.07) is 15.1. The van der Waals surface area contributed by atoms with Crippen LogP contribution in [0, 0.1) is 4.91 Å². The highest BCUT2D eigenvalue weighted by molar-refractivity contribution is 8.89. The van der Waals surface area contributed by atoms with E-state index in [1.807, 2.05) is 13.0 Å². The molecule has 0 atom stereocenters. The lowest BCUT2D eigenvalue weighted by atomic mass is 10.2. The van der Waals surface area contributed by atoms with Crippen molar-refractivity contribution < 1.29 is 34.2 Å². The number of benzene rings is 2. The maximum Gasteiger partial charge on any atom is 0.475 e. The fourth-order valence-corrected chi connectivity index (χ4v) is 5.90. The van der Waals surface area contributed by atoms with Crippen molar-refractivity contribution in [3.8, 4) is 11.5 Å². The molecule has 0 amide bonds. The second-order valence-corrected chi connectivity index (χ2v) is 11.3. The first-order valence-electron chi connectivity index (χ1n) is 13.3. The van der Waals surface area contributed by atoms with E-state index in [-0.39, 0.29) is 17.9 Å². The van der Waals surface area contributed by atoms with Crippen LogP contribution < -0.4 is 9.47 Å². The number of thiocarbonyl (C=S) groups is 2. The summed E-state index contributed by atoms with van der Waals surface area (Å²) in [5.41, 5.74) is 0.210. The molecule has 0 spiro atoms. The van der Waals surface area contributed by atoms with Gasteiger partial charge in [-0.3, -0.25) is 4.79 Å². The first-order chi connectivity index (χ1) is 20.0. The van der Waals surface area contributed by atoms with Gasteiger partial charge in [0.2, 0.25) is 0 Å². The average molecular weight is 659 g/mol. The number of nitrogens with zero attached hydrogens (tertiary/aromatic N) is 3. The predicted octanol–water partition coefficient (Wildman–Crippen LogP) is 6.95. The number of hydrogen-bond donors (Lipinski definition) is 1. The van der Waals surface area contributed by atoms with Crippen LogP contribution in [0.25, 0.3) is 0 Å². The van der Waals surface area contributed by atoms with Crippen molar-refractivity contribution in [2.75, 3.05) is 32.8 Å². The highest BCUT2D eigenvalue weighted by atomic mass is 33.1. The van der Waals surface area contributed by atoms with Gasteiger partial charge >= 0.3 is 17.0 Å². The summed E-state index contributed by atoms with van der Waals surface area (Å²) in [5, 5.41) is 7.20. The van der Waals surface area contributed by atoms with Crippen LogP contribution in [0.4, 0.5) is 0 Å². The largest absolute Gasteiger partial charge is 0.475 e. The molecule has 14 heteroatoms. The van der Waals surface area contributed by atoms with E-state index >= 15 is 0 Å². The standard InChI is InChI=1S/C15H12O4.C10H20N2S4.C3H8NO3/c1-11(16)18-14-10-6-5-9-13(14)15(17)19-12-7-3-2-4-8-12;1-5-11(6-2)9(13)15-16-10(14)12(7-3)8-4;1-2-3-7-4(5)6/h2-10H,1H3;5-8H2,1-4H3;2-3H2,1H3,(H,5,6)/q;;+1. The summed E-state index contributed by atoms with van der Waals surface area (Å²) in [6.45, 7) is 15.7. The van der Waals surface area contributed by atoms with Crippen LogP contribution in [0.5, 0.6) is 11.5 Å².